The lowest BCUT2D eigenvalue weighted by molar-refractivity contribution is -0.357. The van der Waals surface area contributed by atoms with Gasteiger partial charge in [0.15, 0.2) is 18.9 Å². The van der Waals surface area contributed by atoms with Crippen molar-refractivity contribution in [3.63, 3.8) is 0 Å². The van der Waals surface area contributed by atoms with Crippen molar-refractivity contribution >= 4 is 36.8 Å². The Hall–Kier alpha value is -3.58. The molecular weight excluding hydrogens is 1060 g/mol. The third-order valence-electron chi connectivity index (χ3n) is 11.8. The van der Waals surface area contributed by atoms with E-state index >= 15 is 0 Å². The molecule has 16 unspecified atom stereocenters. The maximum absolute atomic E-state index is 11.7. The Morgan fingerprint density at radius 1 is 0.551 bits per heavy atom. The number of ether oxygens (including phenoxy) is 7. The van der Waals surface area contributed by atoms with Crippen LogP contribution in [0.3, 0.4) is 0 Å². The molecule has 0 bridgehead atoms. The molecule has 454 valence electrons. The highest BCUT2D eigenvalue weighted by atomic mass is 16.8. The van der Waals surface area contributed by atoms with Crippen LogP contribution in [0.2, 0.25) is 0 Å². The molecule has 0 aromatic carbocycles. The summed E-state index contributed by atoms with van der Waals surface area (Å²) in [6.45, 7) is -5.97. The molecule has 2 heterocycles. The Morgan fingerprint density at radius 2 is 1.04 bits per heavy atom. The molecule has 2 fully saturated rings. The summed E-state index contributed by atoms with van der Waals surface area (Å²) in [6.07, 6.45) is -27.2. The maximum atomic E-state index is 11.7. The summed E-state index contributed by atoms with van der Waals surface area (Å²) in [7, 11) is 0. The standard InChI is InChI=1S/C44H79N5O29/c45-10-2-1-3-11-46-12-35(71-31(22-69-47-23(13-50)4-7-32(59)60)28(18-55)77-48-24(14-51)5-8-33(61)62)75-41-29(19-56)73-43(39(67)37(41)65)72-27(17-54)26(16-53)70-36(21-58)76-42-30(20-57)74-44(40(68)38(42)66)78-49-25(15-52)6-9-34(63)64/h13-15,23-31,35-44,46-49,53-58,65-68H,1-12,16-22,45H2,(H,59,60)(H,61,62)(H,63,64)/t23-,24-,25-,26?,27?,28?,29?,30?,31?,35?,36?,37?,38?,39?,40?,41?,42?,43?,44?/m0/s1. The number of aliphatic hydroxyl groups is 10. The average molecular weight is 1140 g/mol. The van der Waals surface area contributed by atoms with E-state index in [1.807, 2.05) is 0 Å². The maximum Gasteiger partial charge on any atom is 0.303 e. The van der Waals surface area contributed by atoms with Crippen molar-refractivity contribution in [1.29, 1.82) is 0 Å². The van der Waals surface area contributed by atoms with Crippen molar-refractivity contribution in [2.75, 3.05) is 65.9 Å². The largest absolute Gasteiger partial charge is 0.481 e. The van der Waals surface area contributed by atoms with Gasteiger partial charge in [0, 0.05) is 25.8 Å². The summed E-state index contributed by atoms with van der Waals surface area (Å²) in [6, 6.07) is -3.54. The van der Waals surface area contributed by atoms with Gasteiger partial charge in [0.2, 0.25) is 6.29 Å². The van der Waals surface area contributed by atoms with Crippen molar-refractivity contribution in [3.05, 3.63) is 0 Å². The molecule has 2 rings (SSSR count). The second kappa shape index (κ2) is 39.8. The Balaban J connectivity index is 2.33. The molecule has 78 heavy (non-hydrogen) atoms. The monoisotopic (exact) mass is 1140 g/mol. The Morgan fingerprint density at radius 3 is 1.53 bits per heavy atom. The van der Waals surface area contributed by atoms with Gasteiger partial charge in [0.05, 0.1) is 64.4 Å². The normalized spacial score (nSPS) is 27.1. The number of hydrogen-bond acceptors (Lipinski definition) is 31. The quantitative estimate of drug-likeness (QED) is 0.0116. The van der Waals surface area contributed by atoms with Gasteiger partial charge in [-0.1, -0.05) is 6.42 Å². The number of carbonyl (C=O) groups excluding carboxylic acids is 3. The molecule has 0 amide bonds. The predicted octanol–water partition coefficient (Wildman–Crippen LogP) is -8.64. The van der Waals surface area contributed by atoms with Crippen LogP contribution in [0.1, 0.15) is 57.8 Å². The molecule has 34 heteroatoms. The number of carboxylic acids is 3. The van der Waals surface area contributed by atoms with E-state index in [1.165, 1.54) is 0 Å². The van der Waals surface area contributed by atoms with E-state index in [0.717, 1.165) is 0 Å². The minimum Gasteiger partial charge on any atom is -0.481 e. The lowest BCUT2D eigenvalue weighted by atomic mass is 9.98. The molecule has 19 N–H and O–H groups in total. The van der Waals surface area contributed by atoms with Crippen LogP contribution in [0.25, 0.3) is 0 Å². The van der Waals surface area contributed by atoms with Crippen LogP contribution in [-0.4, -0.2) is 286 Å². The molecule has 0 aliphatic carbocycles. The molecule has 19 atom stereocenters. The first-order valence-electron chi connectivity index (χ1n) is 25.0. The summed E-state index contributed by atoms with van der Waals surface area (Å²) in [5.74, 6) is -3.65. The zero-order valence-electron chi connectivity index (χ0n) is 42.6. The first-order chi connectivity index (χ1) is 37.4. The second-order valence-electron chi connectivity index (χ2n) is 17.7. The van der Waals surface area contributed by atoms with Crippen molar-refractivity contribution in [2.24, 2.45) is 5.73 Å². The number of aliphatic hydroxyl groups excluding tert-OH is 10. The van der Waals surface area contributed by atoms with E-state index in [-0.39, 0.29) is 25.8 Å². The highest BCUT2D eigenvalue weighted by Crippen LogP contribution is 2.29. The van der Waals surface area contributed by atoms with Crippen molar-refractivity contribution in [2.45, 2.75) is 174 Å². The lowest BCUT2D eigenvalue weighted by Crippen LogP contribution is -2.63. The number of aldehydes is 3. The van der Waals surface area contributed by atoms with Gasteiger partial charge in [0.25, 0.3) is 0 Å². The minimum atomic E-state index is -2.11. The van der Waals surface area contributed by atoms with Crippen LogP contribution >= 0.6 is 0 Å². The Labute approximate surface area is 446 Å². The van der Waals surface area contributed by atoms with Crippen LogP contribution in [0.15, 0.2) is 0 Å². The zero-order chi connectivity index (χ0) is 58.2. The van der Waals surface area contributed by atoms with Crippen molar-refractivity contribution in [1.82, 2.24) is 21.8 Å². The first kappa shape index (κ1) is 70.5. The van der Waals surface area contributed by atoms with Crippen LogP contribution in [0.5, 0.6) is 0 Å². The number of rotatable bonds is 47. The van der Waals surface area contributed by atoms with E-state index in [1.54, 1.807) is 0 Å². The van der Waals surface area contributed by atoms with Gasteiger partial charge < -0.3 is 125 Å². The van der Waals surface area contributed by atoms with Gasteiger partial charge in [-0.2, -0.15) is 16.4 Å². The van der Waals surface area contributed by atoms with Gasteiger partial charge in [-0.3, -0.25) is 28.9 Å². The lowest BCUT2D eigenvalue weighted by Gasteiger charge is -2.44. The number of hydroxylamine groups is 3. The summed E-state index contributed by atoms with van der Waals surface area (Å²) < 4.78 is 40.6. The van der Waals surface area contributed by atoms with Crippen LogP contribution in [-0.2, 0) is 76.4 Å². The predicted molar refractivity (Wildman–Crippen MR) is 253 cm³/mol. The molecular formula is C44H79N5O29. The summed E-state index contributed by atoms with van der Waals surface area (Å²) in [5, 5.41) is 137. The second-order valence-corrected chi connectivity index (χ2v) is 17.7. The molecule has 0 radical (unpaired) electrons. The number of nitrogens with one attached hydrogen (secondary N) is 4. The van der Waals surface area contributed by atoms with E-state index < -0.39 is 200 Å². The fourth-order valence-corrected chi connectivity index (χ4v) is 7.43. The van der Waals surface area contributed by atoms with E-state index in [2.05, 4.69) is 21.8 Å². The minimum absolute atomic E-state index is 0.209. The highest BCUT2D eigenvalue weighted by molar-refractivity contribution is 5.69. The fourth-order valence-electron chi connectivity index (χ4n) is 7.43. The molecule has 0 spiro atoms. The number of carboxylic acid groups (broad SMARTS) is 3. The van der Waals surface area contributed by atoms with Gasteiger partial charge in [0.1, 0.15) is 92.1 Å². The zero-order valence-corrected chi connectivity index (χ0v) is 42.6. The van der Waals surface area contributed by atoms with Gasteiger partial charge in [-0.25, -0.2) is 0 Å². The average Bonchev–Trinajstić information content (AvgIpc) is 3.46. The first-order valence-corrected chi connectivity index (χ1v) is 25.0. The molecule has 34 nitrogen and oxygen atoms in total. The molecule has 2 aliphatic rings. The molecule has 0 saturated carbocycles. The van der Waals surface area contributed by atoms with Crippen LogP contribution < -0.4 is 27.5 Å². The van der Waals surface area contributed by atoms with E-state index in [4.69, 9.17) is 68.7 Å². The molecule has 0 aromatic rings. The summed E-state index contributed by atoms with van der Waals surface area (Å²) >= 11 is 0. The third kappa shape index (κ3) is 25.1. The third-order valence-corrected chi connectivity index (χ3v) is 11.8. The van der Waals surface area contributed by atoms with E-state index in [0.29, 0.717) is 51.2 Å². The Bertz CT molecular complexity index is 1680. The van der Waals surface area contributed by atoms with Gasteiger partial charge in [-0.05, 0) is 45.2 Å². The van der Waals surface area contributed by atoms with E-state index in [9.17, 15) is 79.8 Å². The van der Waals surface area contributed by atoms with Crippen LogP contribution in [0.4, 0.5) is 0 Å². The summed E-state index contributed by atoms with van der Waals surface area (Å²) in [5.41, 5.74) is 12.5. The topological polar surface area (TPSA) is 532 Å². The van der Waals surface area contributed by atoms with Gasteiger partial charge >= 0.3 is 17.9 Å². The molecule has 2 saturated heterocycles. The number of aliphatic carboxylic acids is 3. The van der Waals surface area contributed by atoms with Crippen LogP contribution in [0, 0.1) is 0 Å². The fraction of sp³-hybridized carbons (Fsp3) is 0.864. The number of nitrogens with two attached hydrogens (primary N) is 1. The molecule has 2 aliphatic heterocycles. The Kier molecular flexibility index (Phi) is 35.9. The smallest absolute Gasteiger partial charge is 0.303 e. The van der Waals surface area contributed by atoms with Crippen molar-refractivity contribution < 1.29 is 143 Å². The number of carbonyl (C=O) groups is 6. The number of hydrogen-bond donors (Lipinski definition) is 18. The summed E-state index contributed by atoms with van der Waals surface area (Å²) in [4.78, 5) is 84.2. The van der Waals surface area contributed by atoms with Crippen molar-refractivity contribution in [3.8, 4) is 0 Å². The highest BCUT2D eigenvalue weighted by Gasteiger charge is 2.50. The number of unbranched alkanes of at least 4 members (excludes halogenated alkanes) is 2. The molecule has 0 aromatic heterocycles. The van der Waals surface area contributed by atoms with Gasteiger partial charge in [-0.15, -0.1) is 0 Å². The SMILES string of the molecule is NCCCCCNCC(OC(CON[C@H](C=O)CCC(=O)O)C(CO)ON[C@H](C=O)CCC(=O)O)OC1C(CO)OC(OC(CO)C(CO)OC(CO)OC2C(CO)OC(ON[C@H](C=O)CCC(=O)O)C(O)C2O)C(O)C1O.